The highest BCUT2D eigenvalue weighted by Gasteiger charge is 2.91. The smallest absolute Gasteiger partial charge is 0.339 e. The molecule has 2 saturated carbocycles. The van der Waals surface area contributed by atoms with Gasteiger partial charge < -0.3 is 28.5 Å². The number of ketones is 1. The number of carbonyl (C=O) groups excluding carboxylic acids is 4. The summed E-state index contributed by atoms with van der Waals surface area (Å²) in [4.78, 5) is 53.4. The van der Waals surface area contributed by atoms with Crippen LogP contribution in [0.15, 0.2) is 35.2 Å². The summed E-state index contributed by atoms with van der Waals surface area (Å²) in [5.41, 5.74) is -5.83. The zero-order chi connectivity index (χ0) is 26.8. The van der Waals surface area contributed by atoms with E-state index in [1.54, 1.807) is 26.8 Å². The number of Topliss-reactive ketones (excluding diaryl/α,β-unsaturated/α-hetero) is 1. The van der Waals surface area contributed by atoms with E-state index in [2.05, 4.69) is 0 Å². The molecular weight excluding hydrogens is 484 g/mol. The highest BCUT2D eigenvalue weighted by molar-refractivity contribution is 5.97. The predicted octanol–water partition coefficient (Wildman–Crippen LogP) is 2.05. The van der Waals surface area contributed by atoms with E-state index in [0.29, 0.717) is 5.56 Å². The van der Waals surface area contributed by atoms with E-state index in [1.807, 2.05) is 6.92 Å². The van der Waals surface area contributed by atoms with E-state index in [4.69, 9.17) is 23.4 Å². The Bertz CT molecular complexity index is 1250. The highest BCUT2D eigenvalue weighted by Crippen LogP contribution is 2.79. The Labute approximate surface area is 213 Å². The molecule has 10 nitrogen and oxygen atoms in total. The number of ether oxygens (including phenoxy) is 4. The average Bonchev–Trinajstić information content (AvgIpc) is 3.34. The number of hydrogen-bond donors (Lipinski definition) is 1. The van der Waals surface area contributed by atoms with Crippen molar-refractivity contribution in [3.63, 3.8) is 0 Å². The molecule has 1 N–H and O–H groups in total. The van der Waals surface area contributed by atoms with Gasteiger partial charge in [0.1, 0.15) is 23.1 Å². The molecule has 0 aromatic carbocycles. The molecule has 5 aliphatic rings. The van der Waals surface area contributed by atoms with Crippen LogP contribution in [0.25, 0.3) is 0 Å². The van der Waals surface area contributed by atoms with Gasteiger partial charge in [-0.1, -0.05) is 13.0 Å². The average molecular weight is 515 g/mol. The molecule has 6 rings (SSSR count). The lowest BCUT2D eigenvalue weighted by Gasteiger charge is -2.64. The number of cyclic esters (lactones) is 2. The van der Waals surface area contributed by atoms with Crippen molar-refractivity contribution in [2.75, 3.05) is 7.11 Å². The number of furan rings is 1. The van der Waals surface area contributed by atoms with E-state index in [1.165, 1.54) is 25.7 Å². The summed E-state index contributed by atoms with van der Waals surface area (Å²) in [6.07, 6.45) is 2.43. The number of rotatable bonds is 3. The van der Waals surface area contributed by atoms with Gasteiger partial charge >= 0.3 is 17.9 Å². The van der Waals surface area contributed by atoms with Crippen molar-refractivity contribution < 1.29 is 47.6 Å². The molecule has 1 spiro atoms. The Balaban J connectivity index is 1.58. The summed E-state index contributed by atoms with van der Waals surface area (Å²) in [6, 6.07) is 1.68. The maximum atomic E-state index is 14.3. The summed E-state index contributed by atoms with van der Waals surface area (Å²) >= 11 is 0. The molecule has 0 amide bonds. The minimum Gasteiger partial charge on any atom is -0.472 e. The molecule has 5 fully saturated rings. The summed E-state index contributed by atoms with van der Waals surface area (Å²) in [6.45, 7) is 6.96. The number of methoxy groups -OCH3 is 1. The van der Waals surface area contributed by atoms with Gasteiger partial charge in [-0.05, 0) is 33.3 Å². The van der Waals surface area contributed by atoms with Crippen LogP contribution < -0.4 is 0 Å². The number of carbonyl (C=O) groups is 4. The number of epoxide rings is 1. The molecule has 10 heteroatoms. The van der Waals surface area contributed by atoms with Crippen LogP contribution >= 0.6 is 0 Å². The van der Waals surface area contributed by atoms with E-state index in [0.717, 1.165) is 6.08 Å². The monoisotopic (exact) mass is 514 g/mol. The lowest BCUT2D eigenvalue weighted by molar-refractivity contribution is -0.229. The molecule has 1 aromatic heterocycles. The second-order valence-corrected chi connectivity index (χ2v) is 11.9. The summed E-state index contributed by atoms with van der Waals surface area (Å²) < 4.78 is 27.9. The van der Waals surface area contributed by atoms with Crippen LogP contribution in [0.4, 0.5) is 0 Å². The van der Waals surface area contributed by atoms with Gasteiger partial charge in [0.2, 0.25) is 0 Å². The second-order valence-electron chi connectivity index (χ2n) is 11.9. The van der Waals surface area contributed by atoms with E-state index in [9.17, 15) is 24.3 Å². The van der Waals surface area contributed by atoms with Gasteiger partial charge in [0, 0.05) is 35.3 Å². The lowest BCUT2D eigenvalue weighted by atomic mass is 9.37. The normalized spacial score (nSPS) is 47.3. The summed E-state index contributed by atoms with van der Waals surface area (Å²) in [5.74, 6) is -3.85. The van der Waals surface area contributed by atoms with Crippen molar-refractivity contribution >= 4 is 23.7 Å². The molecule has 2 aliphatic carbocycles. The lowest BCUT2D eigenvalue weighted by Crippen LogP contribution is -2.74. The van der Waals surface area contributed by atoms with Crippen molar-refractivity contribution in [2.24, 2.45) is 28.1 Å². The quantitative estimate of drug-likeness (QED) is 0.276. The summed E-state index contributed by atoms with van der Waals surface area (Å²) in [7, 11) is 1.22. The third-order valence-electron chi connectivity index (χ3n) is 10.1. The fourth-order valence-corrected chi connectivity index (χ4v) is 8.59. The van der Waals surface area contributed by atoms with Gasteiger partial charge in [0.15, 0.2) is 6.10 Å². The Morgan fingerprint density at radius 3 is 2.54 bits per heavy atom. The van der Waals surface area contributed by atoms with Gasteiger partial charge in [0.05, 0.1) is 36.6 Å². The number of aliphatic hydroxyl groups is 1. The standard InChI is InChI=1S/C27H30O10/c1-23(2)15-10-16(29)25(4)18(26(15,22(32)37-23)8-6-17(30)33-5)14(28)11-24(3)19(13-7-9-34-12-13)35-21(31)20-27(24,25)36-20/h6-9,12,14-15,18-20,28H,10-11H2,1-5H3. The maximum absolute atomic E-state index is 14.3. The van der Waals surface area contributed by atoms with Gasteiger partial charge in [-0.3, -0.25) is 9.59 Å². The third kappa shape index (κ3) is 2.58. The van der Waals surface area contributed by atoms with Crippen LogP contribution in [-0.4, -0.2) is 59.3 Å². The first-order chi connectivity index (χ1) is 17.3. The Kier molecular flexibility index (Phi) is 4.68. The van der Waals surface area contributed by atoms with Gasteiger partial charge in [-0.2, -0.15) is 0 Å². The fraction of sp³-hybridized carbons (Fsp3) is 0.630. The van der Waals surface area contributed by atoms with Gasteiger partial charge in [0.25, 0.3) is 0 Å². The minimum atomic E-state index is -1.53. The molecular formula is C27H30O10. The van der Waals surface area contributed by atoms with Gasteiger partial charge in [-0.25, -0.2) is 9.59 Å². The molecule has 3 saturated heterocycles. The van der Waals surface area contributed by atoms with Crippen LogP contribution in [0.3, 0.4) is 0 Å². The largest absolute Gasteiger partial charge is 0.472 e. The number of aliphatic hydroxyl groups excluding tert-OH is 1. The number of fused-ring (bicyclic) bond motifs is 3. The SMILES string of the molecule is COC(=O)C=CC12C(=O)OC(C)(C)C1CC(=O)C1(C)C2C(O)CC2(C)C(c3ccoc3)OC(=O)C3OC321. The Hall–Kier alpha value is -2.98. The number of esters is 3. The zero-order valence-corrected chi connectivity index (χ0v) is 21.3. The molecule has 4 heterocycles. The Morgan fingerprint density at radius 1 is 1.16 bits per heavy atom. The van der Waals surface area contributed by atoms with E-state index >= 15 is 0 Å². The summed E-state index contributed by atoms with van der Waals surface area (Å²) in [5, 5.41) is 11.9. The first kappa shape index (κ1) is 24.4. The van der Waals surface area contributed by atoms with Crippen LogP contribution in [0.1, 0.15) is 52.2 Å². The molecule has 9 unspecified atom stereocenters. The van der Waals surface area contributed by atoms with Crippen molar-refractivity contribution in [1.29, 1.82) is 0 Å². The van der Waals surface area contributed by atoms with Crippen LogP contribution in [-0.2, 0) is 38.1 Å². The Morgan fingerprint density at radius 2 is 1.89 bits per heavy atom. The molecule has 0 radical (unpaired) electrons. The van der Waals surface area contributed by atoms with E-state index in [-0.39, 0.29) is 18.6 Å². The zero-order valence-electron chi connectivity index (χ0n) is 21.3. The van der Waals surface area contributed by atoms with Crippen LogP contribution in [0.2, 0.25) is 0 Å². The molecule has 0 bridgehead atoms. The topological polar surface area (TPSA) is 142 Å². The molecule has 1 aromatic rings. The fourth-order valence-electron chi connectivity index (χ4n) is 8.59. The molecule has 9 atom stereocenters. The predicted molar refractivity (Wildman–Crippen MR) is 122 cm³/mol. The van der Waals surface area contributed by atoms with Gasteiger partial charge in [-0.15, -0.1) is 0 Å². The minimum absolute atomic E-state index is 0.0639. The van der Waals surface area contributed by atoms with Crippen molar-refractivity contribution in [1.82, 2.24) is 0 Å². The van der Waals surface area contributed by atoms with Crippen molar-refractivity contribution in [2.45, 2.75) is 70.1 Å². The van der Waals surface area contributed by atoms with Crippen molar-refractivity contribution in [3.05, 3.63) is 36.3 Å². The number of hydrogen-bond acceptors (Lipinski definition) is 10. The van der Waals surface area contributed by atoms with E-state index < -0.39 is 75.5 Å². The highest BCUT2D eigenvalue weighted by atomic mass is 16.7. The van der Waals surface area contributed by atoms with Crippen LogP contribution in [0, 0.1) is 28.1 Å². The molecule has 198 valence electrons. The third-order valence-corrected chi connectivity index (χ3v) is 10.1. The van der Waals surface area contributed by atoms with Crippen molar-refractivity contribution in [3.8, 4) is 0 Å². The second kappa shape index (κ2) is 7.11. The van der Waals surface area contributed by atoms with Crippen LogP contribution in [0.5, 0.6) is 0 Å². The molecule has 3 aliphatic heterocycles. The maximum Gasteiger partial charge on any atom is 0.339 e. The first-order valence-corrected chi connectivity index (χ1v) is 12.4. The molecule has 37 heavy (non-hydrogen) atoms. The first-order valence-electron chi connectivity index (χ1n) is 12.4.